The van der Waals surface area contributed by atoms with Crippen LogP contribution in [0, 0.1) is 0 Å². The maximum Gasteiger partial charge on any atom is 0.337 e. The first-order valence-electron chi connectivity index (χ1n) is 5.77. The van der Waals surface area contributed by atoms with Crippen LogP contribution in [0.1, 0.15) is 20.7 Å². The molecule has 0 heterocycles. The molecule has 7 heteroatoms. The maximum absolute atomic E-state index is 12.1. The number of amides is 1. The van der Waals surface area contributed by atoms with Crippen LogP contribution in [0.4, 0.5) is 11.4 Å². The number of hydrogen-bond donors (Lipinski definition) is 3. The van der Waals surface area contributed by atoms with Gasteiger partial charge in [-0.2, -0.15) is 0 Å². The molecule has 108 valence electrons. The Morgan fingerprint density at radius 2 is 1.90 bits per heavy atom. The first-order valence-corrected chi connectivity index (χ1v) is 6.95. The molecule has 2 rings (SSSR count). The lowest BCUT2D eigenvalue weighted by molar-refractivity contribution is 0.0698. The number of carbonyl (C=O) groups is 2. The highest BCUT2D eigenvalue weighted by atomic mass is 79.9. The normalized spacial score (nSPS) is 10.2. The average molecular weight is 370 g/mol. The Morgan fingerprint density at radius 3 is 2.52 bits per heavy atom. The van der Waals surface area contributed by atoms with Gasteiger partial charge in [0.05, 0.1) is 22.0 Å². The SMILES string of the molecule is Nc1cc(C(=O)Nc2cc(Br)ccc2C(=O)O)ccc1Cl. The Kier molecular flexibility index (Phi) is 4.50. The Bertz CT molecular complexity index is 734. The summed E-state index contributed by atoms with van der Waals surface area (Å²) in [6.07, 6.45) is 0. The zero-order valence-electron chi connectivity index (χ0n) is 10.6. The number of halogens is 2. The van der Waals surface area contributed by atoms with Gasteiger partial charge in [0, 0.05) is 10.0 Å². The van der Waals surface area contributed by atoms with Crippen molar-refractivity contribution in [1.82, 2.24) is 0 Å². The molecule has 4 N–H and O–H groups in total. The molecule has 0 radical (unpaired) electrons. The predicted octanol–water partition coefficient (Wildman–Crippen LogP) is 3.64. The highest BCUT2D eigenvalue weighted by Gasteiger charge is 2.14. The van der Waals surface area contributed by atoms with Gasteiger partial charge in [0.25, 0.3) is 5.91 Å². The fourth-order valence-electron chi connectivity index (χ4n) is 1.69. The number of carbonyl (C=O) groups excluding carboxylic acids is 1. The van der Waals surface area contributed by atoms with E-state index in [1.807, 2.05) is 0 Å². The molecule has 21 heavy (non-hydrogen) atoms. The minimum atomic E-state index is -1.13. The van der Waals surface area contributed by atoms with Crippen LogP contribution in [-0.2, 0) is 0 Å². The number of benzene rings is 2. The number of rotatable bonds is 3. The molecule has 0 aliphatic rings. The molecule has 0 unspecified atom stereocenters. The van der Waals surface area contributed by atoms with Crippen LogP contribution in [0.15, 0.2) is 40.9 Å². The van der Waals surface area contributed by atoms with Crippen LogP contribution >= 0.6 is 27.5 Å². The maximum atomic E-state index is 12.1. The van der Waals surface area contributed by atoms with Crippen LogP contribution in [0.5, 0.6) is 0 Å². The Labute approximate surface area is 133 Å². The summed E-state index contributed by atoms with van der Waals surface area (Å²) < 4.78 is 0.651. The van der Waals surface area contributed by atoms with Crippen molar-refractivity contribution in [2.45, 2.75) is 0 Å². The highest BCUT2D eigenvalue weighted by Crippen LogP contribution is 2.24. The van der Waals surface area contributed by atoms with E-state index in [4.69, 9.17) is 22.4 Å². The second kappa shape index (κ2) is 6.15. The minimum absolute atomic E-state index is 0.00603. The first-order chi connectivity index (χ1) is 9.88. The van der Waals surface area contributed by atoms with Crippen molar-refractivity contribution >= 4 is 50.8 Å². The van der Waals surface area contributed by atoms with E-state index < -0.39 is 11.9 Å². The van der Waals surface area contributed by atoms with Gasteiger partial charge in [-0.05, 0) is 36.4 Å². The molecule has 0 atom stereocenters. The van der Waals surface area contributed by atoms with Gasteiger partial charge in [-0.15, -0.1) is 0 Å². The van der Waals surface area contributed by atoms with Gasteiger partial charge in [0.1, 0.15) is 0 Å². The Morgan fingerprint density at radius 1 is 1.19 bits per heavy atom. The number of carboxylic acids is 1. The highest BCUT2D eigenvalue weighted by molar-refractivity contribution is 9.10. The predicted molar refractivity (Wildman–Crippen MR) is 84.9 cm³/mol. The Hall–Kier alpha value is -2.05. The van der Waals surface area contributed by atoms with Crippen molar-refractivity contribution in [3.05, 3.63) is 57.0 Å². The summed E-state index contributed by atoms with van der Waals surface area (Å²) in [6.45, 7) is 0. The third kappa shape index (κ3) is 3.53. The number of anilines is 2. The second-order valence-corrected chi connectivity index (χ2v) is 5.51. The second-order valence-electron chi connectivity index (χ2n) is 4.19. The fourth-order valence-corrected chi connectivity index (χ4v) is 2.16. The van der Waals surface area contributed by atoms with Crippen molar-refractivity contribution in [3.8, 4) is 0 Å². The van der Waals surface area contributed by atoms with Crippen LogP contribution in [0.2, 0.25) is 5.02 Å². The van der Waals surface area contributed by atoms with E-state index >= 15 is 0 Å². The number of nitrogens with two attached hydrogens (primary N) is 1. The number of carboxylic acid groups (broad SMARTS) is 1. The van der Waals surface area contributed by atoms with Gasteiger partial charge < -0.3 is 16.2 Å². The van der Waals surface area contributed by atoms with E-state index in [1.165, 1.54) is 30.3 Å². The fraction of sp³-hybridized carbons (Fsp3) is 0. The molecular formula is C14H10BrClN2O3. The zero-order valence-corrected chi connectivity index (χ0v) is 12.9. The van der Waals surface area contributed by atoms with E-state index in [9.17, 15) is 9.59 Å². The zero-order chi connectivity index (χ0) is 15.6. The molecule has 0 fully saturated rings. The van der Waals surface area contributed by atoms with Gasteiger partial charge in [-0.1, -0.05) is 27.5 Å². The number of hydrogen-bond acceptors (Lipinski definition) is 3. The summed E-state index contributed by atoms with van der Waals surface area (Å²) in [6, 6.07) is 8.94. The largest absolute Gasteiger partial charge is 0.478 e. The average Bonchev–Trinajstić information content (AvgIpc) is 2.41. The number of nitrogens with one attached hydrogen (secondary N) is 1. The van der Waals surface area contributed by atoms with Gasteiger partial charge in [0.2, 0.25) is 0 Å². The van der Waals surface area contributed by atoms with Crippen molar-refractivity contribution in [2.75, 3.05) is 11.1 Å². The molecule has 0 aromatic heterocycles. The van der Waals surface area contributed by atoms with Crippen LogP contribution < -0.4 is 11.1 Å². The van der Waals surface area contributed by atoms with Gasteiger partial charge in [-0.3, -0.25) is 4.79 Å². The van der Waals surface area contributed by atoms with E-state index in [0.29, 0.717) is 9.50 Å². The van der Waals surface area contributed by atoms with Crippen molar-refractivity contribution in [3.63, 3.8) is 0 Å². The summed E-state index contributed by atoms with van der Waals surface area (Å²) >= 11 is 9.02. The van der Waals surface area contributed by atoms with Crippen molar-refractivity contribution in [1.29, 1.82) is 0 Å². The van der Waals surface area contributed by atoms with Crippen LogP contribution in [0.3, 0.4) is 0 Å². The molecule has 2 aromatic carbocycles. The minimum Gasteiger partial charge on any atom is -0.478 e. The summed E-state index contributed by atoms with van der Waals surface area (Å²) in [5.41, 5.74) is 6.39. The molecule has 0 aliphatic carbocycles. The molecule has 0 spiro atoms. The molecule has 0 saturated carbocycles. The quantitative estimate of drug-likeness (QED) is 0.720. The molecule has 1 amide bonds. The molecule has 0 saturated heterocycles. The number of aromatic carboxylic acids is 1. The van der Waals surface area contributed by atoms with Crippen molar-refractivity contribution in [2.24, 2.45) is 0 Å². The topological polar surface area (TPSA) is 92.4 Å². The molecule has 5 nitrogen and oxygen atoms in total. The van der Waals surface area contributed by atoms with E-state index in [2.05, 4.69) is 21.2 Å². The van der Waals surface area contributed by atoms with Crippen LogP contribution in [-0.4, -0.2) is 17.0 Å². The summed E-state index contributed by atoms with van der Waals surface area (Å²) in [4.78, 5) is 23.3. The third-order valence-electron chi connectivity index (χ3n) is 2.72. The third-order valence-corrected chi connectivity index (χ3v) is 3.56. The lowest BCUT2D eigenvalue weighted by Gasteiger charge is -2.10. The first kappa shape index (κ1) is 15.3. The summed E-state index contributed by atoms with van der Waals surface area (Å²) in [7, 11) is 0. The standard InChI is InChI=1S/C14H10BrClN2O3/c15-8-2-3-9(14(20)21)12(6-8)18-13(19)7-1-4-10(16)11(17)5-7/h1-6H,17H2,(H,18,19)(H,20,21). The summed E-state index contributed by atoms with van der Waals surface area (Å²) in [5, 5.41) is 12.0. The van der Waals surface area contributed by atoms with Gasteiger partial charge >= 0.3 is 5.97 Å². The lowest BCUT2D eigenvalue weighted by Crippen LogP contribution is -2.15. The molecule has 0 aliphatic heterocycles. The van der Waals surface area contributed by atoms with E-state index in [0.717, 1.165) is 0 Å². The monoisotopic (exact) mass is 368 g/mol. The lowest BCUT2D eigenvalue weighted by atomic mass is 10.1. The molecule has 0 bridgehead atoms. The van der Waals surface area contributed by atoms with Gasteiger partial charge in [-0.25, -0.2) is 4.79 Å². The molecule has 2 aromatic rings. The molecular weight excluding hydrogens is 360 g/mol. The number of nitrogen functional groups attached to an aromatic ring is 1. The van der Waals surface area contributed by atoms with E-state index in [1.54, 1.807) is 6.07 Å². The van der Waals surface area contributed by atoms with Gasteiger partial charge in [0.15, 0.2) is 0 Å². The van der Waals surface area contributed by atoms with Crippen molar-refractivity contribution < 1.29 is 14.7 Å². The summed E-state index contributed by atoms with van der Waals surface area (Å²) in [5.74, 6) is -1.60. The Balaban J connectivity index is 2.33. The van der Waals surface area contributed by atoms with E-state index in [-0.39, 0.29) is 22.5 Å². The van der Waals surface area contributed by atoms with Crippen LogP contribution in [0.25, 0.3) is 0 Å². The smallest absolute Gasteiger partial charge is 0.337 e.